The maximum Gasteiger partial charge on any atom is 0.433 e. The lowest BCUT2D eigenvalue weighted by Crippen LogP contribution is -2.33. The summed E-state index contributed by atoms with van der Waals surface area (Å²) in [6, 6.07) is 4.06. The lowest BCUT2D eigenvalue weighted by molar-refractivity contribution is -0.141. The Labute approximate surface area is 113 Å². The number of aromatic nitrogens is 1. The number of anilines is 1. The van der Waals surface area contributed by atoms with Crippen molar-refractivity contribution in [1.29, 1.82) is 5.26 Å². The summed E-state index contributed by atoms with van der Waals surface area (Å²) in [5.41, 5.74) is -0.786. The zero-order valence-corrected chi connectivity index (χ0v) is 11.1. The van der Waals surface area contributed by atoms with Gasteiger partial charge in [-0.3, -0.25) is 0 Å². The lowest BCUT2D eigenvalue weighted by Gasteiger charge is -2.26. The molecule has 1 fully saturated rings. The molecule has 1 aromatic rings. The second kappa shape index (κ2) is 5.29. The highest BCUT2D eigenvalue weighted by molar-refractivity contribution is 7.99. The Hall–Kier alpha value is -1.42. The van der Waals surface area contributed by atoms with Crippen LogP contribution in [0.2, 0.25) is 0 Å². The standard InChI is InChI=1S/C12H12F3N3S/c1-18(9-4-5-19-7-9)11-8(6-16)2-3-10(17-11)12(13,14)15/h2-3,9H,4-5,7H2,1H3. The van der Waals surface area contributed by atoms with E-state index >= 15 is 0 Å². The molecule has 102 valence electrons. The summed E-state index contributed by atoms with van der Waals surface area (Å²) in [7, 11) is 1.69. The van der Waals surface area contributed by atoms with E-state index < -0.39 is 11.9 Å². The lowest BCUT2D eigenvalue weighted by atomic mass is 10.2. The molecule has 0 radical (unpaired) electrons. The molecule has 0 N–H and O–H groups in total. The normalized spacial score (nSPS) is 19.2. The molecule has 19 heavy (non-hydrogen) atoms. The average molecular weight is 287 g/mol. The van der Waals surface area contributed by atoms with Gasteiger partial charge >= 0.3 is 6.18 Å². The predicted molar refractivity (Wildman–Crippen MR) is 68.1 cm³/mol. The molecule has 0 aliphatic carbocycles. The van der Waals surface area contributed by atoms with Gasteiger partial charge in [0.15, 0.2) is 0 Å². The van der Waals surface area contributed by atoms with Crippen LogP contribution in [0.4, 0.5) is 19.0 Å². The maximum absolute atomic E-state index is 12.7. The van der Waals surface area contributed by atoms with Crippen LogP contribution in [0.5, 0.6) is 0 Å². The second-order valence-corrected chi connectivity index (χ2v) is 5.46. The molecule has 1 atom stereocenters. The summed E-state index contributed by atoms with van der Waals surface area (Å²) in [5.74, 6) is 1.94. The fraction of sp³-hybridized carbons (Fsp3) is 0.500. The van der Waals surface area contributed by atoms with E-state index in [0.29, 0.717) is 0 Å². The number of hydrogen-bond donors (Lipinski definition) is 0. The molecule has 0 spiro atoms. The first-order valence-electron chi connectivity index (χ1n) is 5.72. The van der Waals surface area contributed by atoms with Crippen molar-refractivity contribution in [3.63, 3.8) is 0 Å². The van der Waals surface area contributed by atoms with Crippen molar-refractivity contribution in [2.45, 2.75) is 18.6 Å². The summed E-state index contributed by atoms with van der Waals surface area (Å²) in [6.07, 6.45) is -3.60. The van der Waals surface area contributed by atoms with E-state index in [1.54, 1.807) is 23.7 Å². The van der Waals surface area contributed by atoms with Gasteiger partial charge in [0, 0.05) is 18.8 Å². The Morgan fingerprint density at radius 1 is 1.47 bits per heavy atom. The molecule has 0 aromatic carbocycles. The van der Waals surface area contributed by atoms with Gasteiger partial charge in [0.05, 0.1) is 5.56 Å². The number of nitrogens with zero attached hydrogens (tertiary/aromatic N) is 3. The quantitative estimate of drug-likeness (QED) is 0.838. The first-order valence-corrected chi connectivity index (χ1v) is 6.88. The van der Waals surface area contributed by atoms with Crippen molar-refractivity contribution in [2.75, 3.05) is 23.5 Å². The molecule has 2 rings (SSSR count). The van der Waals surface area contributed by atoms with Gasteiger partial charge in [-0.15, -0.1) is 0 Å². The van der Waals surface area contributed by atoms with Gasteiger partial charge in [0.25, 0.3) is 0 Å². The Balaban J connectivity index is 2.39. The van der Waals surface area contributed by atoms with Crippen LogP contribution in [-0.2, 0) is 6.18 Å². The van der Waals surface area contributed by atoms with Crippen LogP contribution in [0.15, 0.2) is 12.1 Å². The van der Waals surface area contributed by atoms with Gasteiger partial charge in [0.1, 0.15) is 17.6 Å². The molecular weight excluding hydrogens is 275 g/mol. The minimum absolute atomic E-state index is 0.116. The summed E-state index contributed by atoms with van der Waals surface area (Å²) in [4.78, 5) is 5.32. The molecule has 1 unspecified atom stereocenters. The van der Waals surface area contributed by atoms with E-state index in [0.717, 1.165) is 24.0 Å². The number of thioether (sulfide) groups is 1. The van der Waals surface area contributed by atoms with Crippen LogP contribution in [0, 0.1) is 11.3 Å². The third-order valence-corrected chi connectivity index (χ3v) is 4.22. The summed E-state index contributed by atoms with van der Waals surface area (Å²) in [5, 5.41) is 9.00. The number of alkyl halides is 3. The Morgan fingerprint density at radius 2 is 2.21 bits per heavy atom. The van der Waals surface area contributed by atoms with Crippen molar-refractivity contribution in [3.05, 3.63) is 23.4 Å². The maximum atomic E-state index is 12.7. The van der Waals surface area contributed by atoms with Crippen molar-refractivity contribution in [1.82, 2.24) is 4.98 Å². The molecule has 0 saturated carbocycles. The predicted octanol–water partition coefficient (Wildman–Crippen LogP) is 2.91. The molecule has 1 aliphatic heterocycles. The fourth-order valence-electron chi connectivity index (χ4n) is 1.96. The van der Waals surface area contributed by atoms with Crippen LogP contribution < -0.4 is 4.90 Å². The molecule has 3 nitrogen and oxygen atoms in total. The minimum atomic E-state index is -4.49. The van der Waals surface area contributed by atoms with Crippen molar-refractivity contribution < 1.29 is 13.2 Å². The van der Waals surface area contributed by atoms with Crippen LogP contribution in [0.25, 0.3) is 0 Å². The van der Waals surface area contributed by atoms with E-state index in [4.69, 9.17) is 5.26 Å². The Kier molecular flexibility index (Phi) is 3.90. The molecule has 1 aliphatic rings. The highest BCUT2D eigenvalue weighted by atomic mass is 32.2. The monoisotopic (exact) mass is 287 g/mol. The second-order valence-electron chi connectivity index (χ2n) is 4.31. The summed E-state index contributed by atoms with van der Waals surface area (Å²) >= 11 is 1.75. The molecule has 7 heteroatoms. The molecule has 1 aromatic heterocycles. The molecule has 2 heterocycles. The minimum Gasteiger partial charge on any atom is -0.355 e. The van der Waals surface area contributed by atoms with Crippen molar-refractivity contribution in [3.8, 4) is 6.07 Å². The first-order chi connectivity index (χ1) is 8.93. The topological polar surface area (TPSA) is 39.9 Å². The Bertz CT molecular complexity index is 504. The van der Waals surface area contributed by atoms with E-state index in [2.05, 4.69) is 4.98 Å². The third-order valence-electron chi connectivity index (χ3n) is 3.07. The first kappa shape index (κ1) is 14.0. The Morgan fingerprint density at radius 3 is 2.74 bits per heavy atom. The van der Waals surface area contributed by atoms with Crippen LogP contribution >= 0.6 is 11.8 Å². The smallest absolute Gasteiger partial charge is 0.355 e. The highest BCUT2D eigenvalue weighted by Crippen LogP contribution is 2.32. The molecular formula is C12H12F3N3S. The molecule has 0 bridgehead atoms. The van der Waals surface area contributed by atoms with Crippen LogP contribution in [0.1, 0.15) is 17.7 Å². The SMILES string of the molecule is CN(c1nc(C(F)(F)F)ccc1C#N)C1CCSC1. The van der Waals surface area contributed by atoms with E-state index in [1.807, 2.05) is 6.07 Å². The summed E-state index contributed by atoms with van der Waals surface area (Å²) < 4.78 is 38.0. The van der Waals surface area contributed by atoms with E-state index in [1.165, 1.54) is 6.07 Å². The number of hydrogen-bond acceptors (Lipinski definition) is 4. The fourth-order valence-corrected chi connectivity index (χ4v) is 3.23. The highest BCUT2D eigenvalue weighted by Gasteiger charge is 2.34. The zero-order chi connectivity index (χ0) is 14.0. The van der Waals surface area contributed by atoms with E-state index in [-0.39, 0.29) is 17.4 Å². The van der Waals surface area contributed by atoms with Gasteiger partial charge in [0.2, 0.25) is 0 Å². The molecule has 1 saturated heterocycles. The van der Waals surface area contributed by atoms with Gasteiger partial charge in [-0.1, -0.05) is 0 Å². The number of nitriles is 1. The third kappa shape index (κ3) is 2.95. The number of rotatable bonds is 2. The average Bonchev–Trinajstić information content (AvgIpc) is 2.90. The van der Waals surface area contributed by atoms with Crippen LogP contribution in [0.3, 0.4) is 0 Å². The van der Waals surface area contributed by atoms with Crippen molar-refractivity contribution >= 4 is 17.6 Å². The van der Waals surface area contributed by atoms with Gasteiger partial charge < -0.3 is 4.90 Å². The van der Waals surface area contributed by atoms with Crippen molar-refractivity contribution in [2.24, 2.45) is 0 Å². The summed E-state index contributed by atoms with van der Waals surface area (Å²) in [6.45, 7) is 0. The number of pyridine rings is 1. The van der Waals surface area contributed by atoms with Gasteiger partial charge in [-0.2, -0.15) is 30.2 Å². The molecule has 0 amide bonds. The van der Waals surface area contributed by atoms with Crippen LogP contribution in [-0.4, -0.2) is 29.6 Å². The van der Waals surface area contributed by atoms with E-state index in [9.17, 15) is 13.2 Å². The zero-order valence-electron chi connectivity index (χ0n) is 10.2. The van der Waals surface area contributed by atoms with Gasteiger partial charge in [-0.05, 0) is 24.3 Å². The largest absolute Gasteiger partial charge is 0.433 e. The number of halogens is 3. The van der Waals surface area contributed by atoms with Gasteiger partial charge in [-0.25, -0.2) is 4.98 Å².